The summed E-state index contributed by atoms with van der Waals surface area (Å²) in [5, 5.41) is 10.6. The third kappa shape index (κ3) is 3.45. The van der Waals surface area contributed by atoms with E-state index < -0.39 is 6.61 Å². The number of ketones is 1. The number of aromatic amines is 1. The highest BCUT2D eigenvalue weighted by Crippen LogP contribution is 2.47. The van der Waals surface area contributed by atoms with Gasteiger partial charge in [0, 0.05) is 28.6 Å². The van der Waals surface area contributed by atoms with Gasteiger partial charge < -0.3 is 14.8 Å². The molecule has 2 aliphatic rings. The van der Waals surface area contributed by atoms with Crippen LogP contribution < -0.4 is 4.74 Å². The van der Waals surface area contributed by atoms with Crippen molar-refractivity contribution in [2.24, 2.45) is 11.8 Å². The number of hydrogen-bond donors (Lipinski definition) is 2. The molecule has 0 saturated carbocycles. The summed E-state index contributed by atoms with van der Waals surface area (Å²) in [6, 6.07) is 4.39. The topological polar surface area (TPSA) is 65.6 Å². The number of halogens is 1. The molecule has 29 heavy (non-hydrogen) atoms. The molecule has 5 nitrogen and oxygen atoms in total. The van der Waals surface area contributed by atoms with Crippen LogP contribution in [0.3, 0.4) is 0 Å². The average molecular weight is 461 g/mol. The van der Waals surface area contributed by atoms with E-state index in [9.17, 15) is 9.90 Å². The zero-order valence-corrected chi connectivity index (χ0v) is 18.9. The number of allylic oxidation sites excluding steroid dienone is 1. The van der Waals surface area contributed by atoms with Gasteiger partial charge in [0.15, 0.2) is 5.78 Å². The van der Waals surface area contributed by atoms with Crippen LogP contribution in [0.25, 0.3) is 10.9 Å². The fourth-order valence-corrected chi connectivity index (χ4v) is 5.90. The number of benzene rings is 1. The molecule has 2 aromatic rings. The van der Waals surface area contributed by atoms with E-state index >= 15 is 0 Å². The van der Waals surface area contributed by atoms with Crippen LogP contribution in [0.4, 0.5) is 0 Å². The predicted molar refractivity (Wildman–Crippen MR) is 118 cm³/mol. The normalized spacial score (nSPS) is 25.0. The Hall–Kier alpha value is -1.63. The zero-order chi connectivity index (χ0) is 20.7. The highest BCUT2D eigenvalue weighted by molar-refractivity contribution is 9.10. The maximum absolute atomic E-state index is 12.4. The first-order valence-electron chi connectivity index (χ1n) is 10.4. The van der Waals surface area contributed by atoms with E-state index in [2.05, 4.69) is 38.8 Å². The summed E-state index contributed by atoms with van der Waals surface area (Å²) in [4.78, 5) is 18.7. The lowest BCUT2D eigenvalue weighted by Gasteiger charge is -2.46. The van der Waals surface area contributed by atoms with Crippen molar-refractivity contribution in [2.45, 2.75) is 39.2 Å². The summed E-state index contributed by atoms with van der Waals surface area (Å²) in [5.41, 5.74) is 4.49. The average Bonchev–Trinajstić information content (AvgIpc) is 3.11. The van der Waals surface area contributed by atoms with Gasteiger partial charge >= 0.3 is 0 Å². The molecule has 1 aromatic heterocycles. The fourth-order valence-electron chi connectivity index (χ4n) is 5.46. The van der Waals surface area contributed by atoms with Gasteiger partial charge in [-0.05, 0) is 54.9 Å². The number of Topliss-reactive ketones (excluding diaryl/α,β-unsaturated/α-hetero) is 1. The second-order valence-electron chi connectivity index (χ2n) is 8.14. The third-order valence-electron chi connectivity index (χ3n) is 6.82. The number of rotatable bonds is 5. The third-order valence-corrected chi connectivity index (χ3v) is 7.28. The minimum Gasteiger partial charge on any atom is -0.496 e. The number of aliphatic hydroxyl groups excluding tert-OH is 1. The van der Waals surface area contributed by atoms with Crippen LogP contribution in [-0.2, 0) is 11.2 Å². The van der Waals surface area contributed by atoms with Crippen molar-refractivity contribution in [3.05, 3.63) is 39.5 Å². The molecule has 0 radical (unpaired) electrons. The maximum Gasteiger partial charge on any atom is 0.184 e. The molecule has 1 fully saturated rings. The van der Waals surface area contributed by atoms with Crippen molar-refractivity contribution in [1.82, 2.24) is 9.88 Å². The van der Waals surface area contributed by atoms with Crippen LogP contribution in [0.2, 0.25) is 0 Å². The Labute approximate surface area is 180 Å². The van der Waals surface area contributed by atoms with Crippen molar-refractivity contribution in [3.8, 4) is 5.75 Å². The monoisotopic (exact) mass is 460 g/mol. The number of aliphatic hydroxyl groups is 1. The van der Waals surface area contributed by atoms with Gasteiger partial charge in [0.2, 0.25) is 0 Å². The van der Waals surface area contributed by atoms with Crippen LogP contribution in [0.15, 0.2) is 28.3 Å². The Morgan fingerprint density at radius 1 is 1.45 bits per heavy atom. The smallest absolute Gasteiger partial charge is 0.184 e. The molecule has 4 rings (SSSR count). The number of ether oxygens (including phenoxy) is 1. The molecule has 2 aliphatic heterocycles. The van der Waals surface area contributed by atoms with Crippen LogP contribution in [0.5, 0.6) is 5.75 Å². The van der Waals surface area contributed by atoms with Gasteiger partial charge in [-0.15, -0.1) is 0 Å². The lowest BCUT2D eigenvalue weighted by atomic mass is 9.73. The van der Waals surface area contributed by atoms with E-state index in [1.165, 1.54) is 16.6 Å². The Morgan fingerprint density at radius 2 is 2.24 bits per heavy atom. The largest absolute Gasteiger partial charge is 0.496 e. The standard InChI is InChI=1S/C23H29BrN2O3/c1-4-13-11-26-7-6-16-22-18(8-14(24)9-21(22)29-3)25-23(16)19(26)10-17(13)15(5-2)20(28)12-27/h5,8-9,13,17,19,25,27H,4,6-7,10-12H2,1-3H3/b15-5+/t13-,17+,19+/m1/s1. The van der Waals surface area contributed by atoms with Gasteiger partial charge in [-0.3, -0.25) is 9.69 Å². The van der Waals surface area contributed by atoms with Gasteiger partial charge in [-0.25, -0.2) is 0 Å². The number of hydrogen-bond acceptors (Lipinski definition) is 4. The van der Waals surface area contributed by atoms with Gasteiger partial charge in [0.1, 0.15) is 12.4 Å². The summed E-state index contributed by atoms with van der Waals surface area (Å²) in [5.74, 6) is 1.37. The van der Waals surface area contributed by atoms with Gasteiger partial charge in [0.25, 0.3) is 0 Å². The second-order valence-corrected chi connectivity index (χ2v) is 9.06. The van der Waals surface area contributed by atoms with Crippen LogP contribution in [0.1, 0.15) is 44.0 Å². The lowest BCUT2D eigenvalue weighted by molar-refractivity contribution is -0.119. The van der Waals surface area contributed by atoms with Crippen molar-refractivity contribution in [2.75, 3.05) is 26.8 Å². The quantitative estimate of drug-likeness (QED) is 0.649. The molecule has 3 heterocycles. The summed E-state index contributed by atoms with van der Waals surface area (Å²) in [7, 11) is 1.72. The number of aromatic nitrogens is 1. The number of nitrogens with one attached hydrogen (secondary N) is 1. The van der Waals surface area contributed by atoms with Crippen molar-refractivity contribution in [1.29, 1.82) is 0 Å². The molecule has 1 aromatic carbocycles. The number of piperidine rings is 1. The number of H-pyrrole nitrogens is 1. The molecule has 156 valence electrons. The fraction of sp³-hybridized carbons (Fsp3) is 0.522. The molecule has 1 saturated heterocycles. The van der Waals surface area contributed by atoms with E-state index in [-0.39, 0.29) is 17.7 Å². The first-order chi connectivity index (χ1) is 14.0. The van der Waals surface area contributed by atoms with Crippen LogP contribution in [-0.4, -0.2) is 47.6 Å². The van der Waals surface area contributed by atoms with Crippen LogP contribution in [0, 0.1) is 11.8 Å². The van der Waals surface area contributed by atoms with Gasteiger partial charge in [-0.2, -0.15) is 0 Å². The predicted octanol–water partition coefficient (Wildman–Crippen LogP) is 4.39. The number of fused-ring (bicyclic) bond motifs is 5. The van der Waals surface area contributed by atoms with E-state index in [0.717, 1.165) is 53.7 Å². The SMILES string of the molecule is C/C=C(/C(=O)CO)[C@H]1C[C@H]2c3[nH]c4cc(Br)cc(OC)c4c3CCN2C[C@H]1CC. The number of carbonyl (C=O) groups excluding carboxylic acids is 1. The van der Waals surface area contributed by atoms with Crippen molar-refractivity contribution >= 4 is 32.6 Å². The van der Waals surface area contributed by atoms with E-state index in [4.69, 9.17) is 4.74 Å². The highest BCUT2D eigenvalue weighted by Gasteiger charge is 2.41. The Bertz CT molecular complexity index is 965. The zero-order valence-electron chi connectivity index (χ0n) is 17.3. The maximum atomic E-state index is 12.4. The Kier molecular flexibility index (Phi) is 5.87. The second kappa shape index (κ2) is 8.25. The highest BCUT2D eigenvalue weighted by atomic mass is 79.9. The first-order valence-corrected chi connectivity index (χ1v) is 11.2. The van der Waals surface area contributed by atoms with Gasteiger partial charge in [0.05, 0.1) is 18.7 Å². The number of nitrogens with zero attached hydrogens (tertiary/aromatic N) is 1. The molecule has 0 aliphatic carbocycles. The Morgan fingerprint density at radius 3 is 2.90 bits per heavy atom. The summed E-state index contributed by atoms with van der Waals surface area (Å²) in [6.07, 6.45) is 4.84. The van der Waals surface area contributed by atoms with Crippen LogP contribution >= 0.6 is 15.9 Å². The molecule has 3 atom stereocenters. The molecular formula is C23H29BrN2O3. The van der Waals surface area contributed by atoms with E-state index in [1.807, 2.05) is 19.1 Å². The molecule has 2 N–H and O–H groups in total. The van der Waals surface area contributed by atoms with E-state index in [0.29, 0.717) is 5.92 Å². The molecule has 6 heteroatoms. The van der Waals surface area contributed by atoms with E-state index in [1.54, 1.807) is 7.11 Å². The summed E-state index contributed by atoms with van der Waals surface area (Å²) >= 11 is 3.59. The molecular weight excluding hydrogens is 432 g/mol. The van der Waals surface area contributed by atoms with Crippen molar-refractivity contribution < 1.29 is 14.6 Å². The van der Waals surface area contributed by atoms with Crippen molar-refractivity contribution in [3.63, 3.8) is 0 Å². The Balaban J connectivity index is 1.78. The molecule has 0 unspecified atom stereocenters. The molecule has 0 bridgehead atoms. The summed E-state index contributed by atoms with van der Waals surface area (Å²) in [6.45, 7) is 5.71. The lowest BCUT2D eigenvalue weighted by Crippen LogP contribution is -2.47. The summed E-state index contributed by atoms with van der Waals surface area (Å²) < 4.78 is 6.68. The van der Waals surface area contributed by atoms with Gasteiger partial charge in [-0.1, -0.05) is 35.4 Å². The molecule has 0 spiro atoms. The first kappa shape index (κ1) is 20.6. The number of methoxy groups -OCH3 is 1. The molecule has 0 amide bonds. The minimum absolute atomic E-state index is 0.136. The minimum atomic E-state index is -0.413. The number of carbonyl (C=O) groups is 1.